The van der Waals surface area contributed by atoms with Gasteiger partial charge < -0.3 is 4.90 Å². The molecule has 0 unspecified atom stereocenters. The summed E-state index contributed by atoms with van der Waals surface area (Å²) in [5.41, 5.74) is 2.27. The Kier molecular flexibility index (Phi) is 3.47. The predicted octanol–water partition coefficient (Wildman–Crippen LogP) is 1.41. The van der Waals surface area contributed by atoms with Crippen molar-refractivity contribution >= 4 is 17.2 Å². The van der Waals surface area contributed by atoms with Crippen LogP contribution in [0.5, 0.6) is 0 Å². The van der Waals surface area contributed by atoms with Crippen molar-refractivity contribution in [2.45, 2.75) is 33.4 Å². The fourth-order valence-corrected chi connectivity index (χ4v) is 3.45. The van der Waals surface area contributed by atoms with Crippen LogP contribution < -0.4 is 0 Å². The predicted molar refractivity (Wildman–Crippen MR) is 77.7 cm³/mol. The molecule has 0 aliphatic carbocycles. The minimum atomic E-state index is 0.104. The van der Waals surface area contributed by atoms with E-state index in [0.717, 1.165) is 21.3 Å². The number of hydrogen-bond acceptors (Lipinski definition) is 5. The van der Waals surface area contributed by atoms with E-state index in [-0.39, 0.29) is 5.91 Å². The zero-order chi connectivity index (χ0) is 15.0. The maximum Gasteiger partial charge on any atom is 0.228 e. The van der Waals surface area contributed by atoms with Crippen molar-refractivity contribution in [1.82, 2.24) is 19.7 Å². The summed E-state index contributed by atoms with van der Waals surface area (Å²) < 4.78 is 1.81. The Morgan fingerprint density at radius 3 is 2.95 bits per heavy atom. The van der Waals surface area contributed by atoms with Crippen LogP contribution >= 0.6 is 11.3 Å². The van der Waals surface area contributed by atoms with Gasteiger partial charge in [-0.3, -0.25) is 9.48 Å². The number of amides is 1. The second-order valence-corrected chi connectivity index (χ2v) is 6.38. The number of hydrogen-bond donors (Lipinski definition) is 0. The zero-order valence-corrected chi connectivity index (χ0v) is 12.8. The molecule has 21 heavy (non-hydrogen) atoms. The first-order valence-corrected chi connectivity index (χ1v) is 7.56. The Bertz CT molecular complexity index is 739. The van der Waals surface area contributed by atoms with Gasteiger partial charge in [-0.2, -0.15) is 10.4 Å². The molecule has 1 aliphatic heterocycles. The molecule has 2 aromatic rings. The SMILES string of the molecule is Cc1nc(C)c(CC(=O)N2CCn3nc(C#N)cc3C2)s1. The van der Waals surface area contributed by atoms with E-state index in [9.17, 15) is 4.79 Å². The normalized spacial score (nSPS) is 13.9. The van der Waals surface area contributed by atoms with E-state index < -0.39 is 0 Å². The highest BCUT2D eigenvalue weighted by Crippen LogP contribution is 2.20. The van der Waals surface area contributed by atoms with E-state index >= 15 is 0 Å². The molecule has 6 nitrogen and oxygen atoms in total. The van der Waals surface area contributed by atoms with Crippen molar-refractivity contribution < 1.29 is 4.79 Å². The topological polar surface area (TPSA) is 74.8 Å². The van der Waals surface area contributed by atoms with Crippen molar-refractivity contribution in [3.63, 3.8) is 0 Å². The highest BCUT2D eigenvalue weighted by molar-refractivity contribution is 7.11. The molecular weight excluding hydrogens is 286 g/mol. The molecule has 0 fully saturated rings. The van der Waals surface area contributed by atoms with E-state index in [2.05, 4.69) is 10.1 Å². The number of thiazole rings is 1. The third-order valence-electron chi connectivity index (χ3n) is 3.58. The number of fused-ring (bicyclic) bond motifs is 1. The van der Waals surface area contributed by atoms with Crippen LogP contribution in [0.25, 0.3) is 0 Å². The Labute approximate surface area is 126 Å². The highest BCUT2D eigenvalue weighted by Gasteiger charge is 2.23. The highest BCUT2D eigenvalue weighted by atomic mass is 32.1. The van der Waals surface area contributed by atoms with Crippen LogP contribution in [0.2, 0.25) is 0 Å². The summed E-state index contributed by atoms with van der Waals surface area (Å²) in [5, 5.41) is 14.0. The van der Waals surface area contributed by atoms with Gasteiger partial charge in [-0.15, -0.1) is 11.3 Å². The van der Waals surface area contributed by atoms with Crippen LogP contribution in [0.15, 0.2) is 6.07 Å². The van der Waals surface area contributed by atoms with Gasteiger partial charge in [0, 0.05) is 11.4 Å². The first-order valence-electron chi connectivity index (χ1n) is 6.74. The van der Waals surface area contributed by atoms with E-state index in [1.165, 1.54) is 0 Å². The number of carbonyl (C=O) groups is 1. The monoisotopic (exact) mass is 301 g/mol. The summed E-state index contributed by atoms with van der Waals surface area (Å²) >= 11 is 1.58. The number of aryl methyl sites for hydroxylation is 2. The van der Waals surface area contributed by atoms with Crippen LogP contribution in [0, 0.1) is 25.2 Å². The van der Waals surface area contributed by atoms with Crippen molar-refractivity contribution in [2.24, 2.45) is 0 Å². The third-order valence-corrected chi connectivity index (χ3v) is 4.65. The average molecular weight is 301 g/mol. The van der Waals surface area contributed by atoms with Crippen molar-refractivity contribution in [3.8, 4) is 6.07 Å². The maximum absolute atomic E-state index is 12.4. The van der Waals surface area contributed by atoms with E-state index in [0.29, 0.717) is 31.7 Å². The summed E-state index contributed by atoms with van der Waals surface area (Å²) in [6, 6.07) is 3.79. The zero-order valence-electron chi connectivity index (χ0n) is 12.0. The lowest BCUT2D eigenvalue weighted by molar-refractivity contribution is -0.131. The molecule has 1 amide bonds. The summed E-state index contributed by atoms with van der Waals surface area (Å²) in [4.78, 5) is 19.6. The molecule has 0 bridgehead atoms. The Balaban J connectivity index is 1.72. The van der Waals surface area contributed by atoms with Crippen molar-refractivity contribution in [1.29, 1.82) is 5.26 Å². The lowest BCUT2D eigenvalue weighted by atomic mass is 10.2. The molecule has 0 spiro atoms. The quantitative estimate of drug-likeness (QED) is 0.840. The van der Waals surface area contributed by atoms with Crippen molar-refractivity contribution in [2.75, 3.05) is 6.54 Å². The molecule has 0 atom stereocenters. The molecule has 7 heteroatoms. The maximum atomic E-state index is 12.4. The molecule has 0 aromatic carbocycles. The van der Waals surface area contributed by atoms with Gasteiger partial charge in [-0.1, -0.05) is 0 Å². The Hall–Kier alpha value is -2.20. The number of aromatic nitrogens is 3. The van der Waals surface area contributed by atoms with Crippen LogP contribution in [-0.2, 0) is 24.3 Å². The first kappa shape index (κ1) is 13.8. The molecule has 3 rings (SSSR count). The number of rotatable bonds is 2. The van der Waals surface area contributed by atoms with Gasteiger partial charge in [0.05, 0.1) is 35.9 Å². The average Bonchev–Trinajstić information content (AvgIpc) is 3.00. The summed E-state index contributed by atoms with van der Waals surface area (Å²) in [5.74, 6) is 0.104. The van der Waals surface area contributed by atoms with Gasteiger partial charge in [0.25, 0.3) is 0 Å². The van der Waals surface area contributed by atoms with Crippen LogP contribution in [-0.4, -0.2) is 32.1 Å². The van der Waals surface area contributed by atoms with E-state index in [4.69, 9.17) is 5.26 Å². The molecule has 0 radical (unpaired) electrons. The van der Waals surface area contributed by atoms with Gasteiger partial charge >= 0.3 is 0 Å². The third kappa shape index (κ3) is 2.67. The van der Waals surface area contributed by atoms with E-state index in [1.807, 2.05) is 29.5 Å². The first-order chi connectivity index (χ1) is 10.1. The molecule has 1 aliphatic rings. The standard InChI is InChI=1S/C14H15N5OS/c1-9-13(21-10(2)16-9)6-14(20)18-3-4-19-12(8-18)5-11(7-15)17-19/h5H,3-4,6,8H2,1-2H3. The number of nitrogens with zero attached hydrogens (tertiary/aromatic N) is 5. The number of carbonyl (C=O) groups excluding carboxylic acids is 1. The minimum Gasteiger partial charge on any atom is -0.335 e. The van der Waals surface area contributed by atoms with Crippen molar-refractivity contribution in [3.05, 3.63) is 33.0 Å². The molecule has 0 N–H and O–H groups in total. The molecule has 108 valence electrons. The lowest BCUT2D eigenvalue weighted by Gasteiger charge is -2.27. The molecule has 0 saturated carbocycles. The van der Waals surface area contributed by atoms with Crippen LogP contribution in [0.3, 0.4) is 0 Å². The van der Waals surface area contributed by atoms with Gasteiger partial charge in [-0.25, -0.2) is 4.98 Å². The second kappa shape index (κ2) is 5.30. The fourth-order valence-electron chi connectivity index (χ4n) is 2.52. The van der Waals surface area contributed by atoms with Gasteiger partial charge in [0.2, 0.25) is 5.91 Å². The largest absolute Gasteiger partial charge is 0.335 e. The molecule has 3 heterocycles. The lowest BCUT2D eigenvalue weighted by Crippen LogP contribution is -2.39. The molecular formula is C14H15N5OS. The Morgan fingerprint density at radius 2 is 2.29 bits per heavy atom. The Morgan fingerprint density at radius 1 is 1.48 bits per heavy atom. The summed E-state index contributed by atoms with van der Waals surface area (Å²) in [6.45, 7) is 5.69. The summed E-state index contributed by atoms with van der Waals surface area (Å²) in [7, 11) is 0. The number of nitriles is 1. The van der Waals surface area contributed by atoms with Crippen LogP contribution in [0.4, 0.5) is 0 Å². The smallest absolute Gasteiger partial charge is 0.228 e. The van der Waals surface area contributed by atoms with Gasteiger partial charge in [0.1, 0.15) is 6.07 Å². The van der Waals surface area contributed by atoms with E-state index in [1.54, 1.807) is 17.4 Å². The minimum absolute atomic E-state index is 0.104. The van der Waals surface area contributed by atoms with Gasteiger partial charge in [-0.05, 0) is 19.9 Å². The van der Waals surface area contributed by atoms with Gasteiger partial charge in [0.15, 0.2) is 5.69 Å². The van der Waals surface area contributed by atoms with Crippen LogP contribution in [0.1, 0.15) is 27.0 Å². The second-order valence-electron chi connectivity index (χ2n) is 5.09. The summed E-state index contributed by atoms with van der Waals surface area (Å²) in [6.07, 6.45) is 0.399. The molecule has 0 saturated heterocycles. The fraction of sp³-hybridized carbons (Fsp3) is 0.429. The molecule has 2 aromatic heterocycles.